The molecule has 0 aromatic heterocycles. The second kappa shape index (κ2) is 63.5. The van der Waals surface area contributed by atoms with Crippen LogP contribution in [0.2, 0.25) is 0 Å². The lowest BCUT2D eigenvalue weighted by Crippen LogP contribution is -2.40. The highest BCUT2D eigenvalue weighted by Gasteiger charge is 2.25. The van der Waals surface area contributed by atoms with Gasteiger partial charge in [0.1, 0.15) is 13.2 Å². The number of aliphatic carboxylic acids is 1. The number of nitrogens with zero attached hydrogens (tertiary/aromatic N) is 1. The van der Waals surface area contributed by atoms with Crippen molar-refractivity contribution >= 4 is 17.9 Å². The van der Waals surface area contributed by atoms with Gasteiger partial charge in [0, 0.05) is 12.8 Å². The fourth-order valence-electron chi connectivity index (χ4n) is 8.87. The number of likely N-dealkylation sites (N-methyl/N-ethyl adjacent to an activating group) is 1. The molecule has 0 saturated carbocycles. The van der Waals surface area contributed by atoms with Crippen molar-refractivity contribution in [3.63, 3.8) is 0 Å². The van der Waals surface area contributed by atoms with Gasteiger partial charge in [0.15, 0.2) is 6.10 Å². The Hall–Kier alpha value is -4.57. The minimum atomic E-state index is -1.52. The van der Waals surface area contributed by atoms with Crippen LogP contribution < -0.4 is 0 Å². The normalized spacial score (nSPS) is 13.6. The van der Waals surface area contributed by atoms with E-state index in [2.05, 4.69) is 148 Å². The van der Waals surface area contributed by atoms with Crippen LogP contribution in [0.25, 0.3) is 0 Å². The van der Waals surface area contributed by atoms with Gasteiger partial charge in [-0.3, -0.25) is 9.59 Å². The van der Waals surface area contributed by atoms with Gasteiger partial charge < -0.3 is 28.5 Å². The molecule has 9 nitrogen and oxygen atoms in total. The molecule has 9 heteroatoms. The van der Waals surface area contributed by atoms with Crippen molar-refractivity contribution < 1.29 is 42.9 Å². The molecule has 0 spiro atoms. The Kier molecular flexibility index (Phi) is 60.0. The second-order valence-electron chi connectivity index (χ2n) is 23.0. The summed E-state index contributed by atoms with van der Waals surface area (Å²) in [6.07, 6.45) is 88.5. The predicted octanol–water partition coefficient (Wildman–Crippen LogP) is 20.6. The zero-order valence-electron chi connectivity index (χ0n) is 53.8. The van der Waals surface area contributed by atoms with E-state index in [0.29, 0.717) is 23.9 Å². The maximum atomic E-state index is 12.9. The highest BCUT2D eigenvalue weighted by Crippen LogP contribution is 2.17. The summed E-state index contributed by atoms with van der Waals surface area (Å²) in [6.45, 7) is 4.61. The first-order valence-corrected chi connectivity index (χ1v) is 33.3. The predicted molar refractivity (Wildman–Crippen MR) is 354 cm³/mol. The molecule has 0 bridgehead atoms. The topological polar surface area (TPSA) is 108 Å². The number of carbonyl (C=O) groups is 3. The van der Waals surface area contributed by atoms with Crippen LogP contribution in [0.5, 0.6) is 0 Å². The summed E-state index contributed by atoms with van der Waals surface area (Å²) >= 11 is 0. The number of hydrogen-bond donors (Lipinski definition) is 1. The average Bonchev–Trinajstić information content (AvgIpc) is 3.46. The third-order valence-electron chi connectivity index (χ3n) is 13.9. The lowest BCUT2D eigenvalue weighted by molar-refractivity contribution is -0.870. The molecule has 0 radical (unpaired) electrons. The van der Waals surface area contributed by atoms with Crippen molar-refractivity contribution in [2.24, 2.45) is 0 Å². The summed E-state index contributed by atoms with van der Waals surface area (Å²) in [5.74, 6) is -2.05. The second-order valence-corrected chi connectivity index (χ2v) is 23.0. The van der Waals surface area contributed by atoms with Crippen LogP contribution in [0.4, 0.5) is 0 Å². The Bertz CT molecular complexity index is 1820. The van der Waals surface area contributed by atoms with E-state index >= 15 is 0 Å². The number of carboxylic acids is 1. The van der Waals surface area contributed by atoms with Crippen LogP contribution in [0.3, 0.4) is 0 Å². The summed E-state index contributed by atoms with van der Waals surface area (Å²) in [7, 11) is 5.96. The number of quaternary nitrogens is 1. The Labute approximate surface area is 509 Å². The third kappa shape index (κ3) is 64.8. The molecule has 83 heavy (non-hydrogen) atoms. The molecule has 0 aliphatic rings. The van der Waals surface area contributed by atoms with Gasteiger partial charge in [0.2, 0.25) is 0 Å². The number of rotatable bonds is 60. The lowest BCUT2D eigenvalue weighted by Gasteiger charge is -2.25. The molecule has 1 N–H and O–H groups in total. The molecule has 0 fully saturated rings. The zero-order valence-corrected chi connectivity index (χ0v) is 53.8. The van der Waals surface area contributed by atoms with Crippen molar-refractivity contribution in [2.45, 2.75) is 270 Å². The quantitative estimate of drug-likeness (QED) is 0.0211. The molecule has 0 aliphatic carbocycles. The van der Waals surface area contributed by atoms with Gasteiger partial charge in [0.25, 0.3) is 6.29 Å². The Morgan fingerprint density at radius 2 is 0.651 bits per heavy atom. The Morgan fingerprint density at radius 3 is 0.976 bits per heavy atom. The minimum absolute atomic E-state index is 0.177. The molecule has 0 heterocycles. The number of hydrogen-bond acceptors (Lipinski definition) is 7. The highest BCUT2D eigenvalue weighted by molar-refractivity contribution is 5.71. The van der Waals surface area contributed by atoms with Crippen LogP contribution in [-0.4, -0.2) is 87.4 Å². The van der Waals surface area contributed by atoms with Crippen LogP contribution in [-0.2, 0) is 33.3 Å². The number of ether oxygens (including phenoxy) is 4. The summed E-state index contributed by atoms with van der Waals surface area (Å²) < 4.78 is 22.9. The number of esters is 2. The van der Waals surface area contributed by atoms with E-state index in [0.717, 1.165) is 103 Å². The first kappa shape index (κ1) is 78.4. The van der Waals surface area contributed by atoms with Crippen LogP contribution >= 0.6 is 0 Å². The molecule has 2 atom stereocenters. The fraction of sp³-hybridized carbons (Fsp3) is 0.662. The SMILES string of the molecule is CC/C=C\C/C=C\C/C=C\C/C=C\C/C=C\C/C=C\CCCCCCCCCCCCCCCCCCCCCCC(=O)OC(COC(=O)CCCCC/C=C\C/C=C\C/C=C\C/C=C\C/C=C\CC)COC(OCC[N+](C)(C)C)C(=O)O. The molecule has 0 aliphatic heterocycles. The van der Waals surface area contributed by atoms with E-state index in [4.69, 9.17) is 18.9 Å². The number of carboxylic acid groups (broad SMARTS) is 1. The van der Waals surface area contributed by atoms with Crippen LogP contribution in [0.15, 0.2) is 134 Å². The molecule has 0 saturated heterocycles. The molecule has 0 aromatic rings. The standard InChI is InChI=1S/C74H123NO8/c1-6-8-10-12-14-16-18-20-22-24-26-27-28-29-30-31-32-33-34-35-36-37-38-39-40-41-42-43-44-45-47-49-51-53-55-57-59-61-63-65-72(77)83-70(69-82-74(73(78)79)80-67-66-75(3,4)5)68-81-71(76)64-62-60-58-56-54-52-50-48-46-25-23-21-19-17-15-13-11-9-7-2/h8-11,14-17,20-23,26-27,29-30,32-33,46,48,52,54,70,74H,6-7,12-13,18-19,24-25,28,31,34-45,47,49-51,53,55-69H2,1-5H3/p+1/b10-8-,11-9-,16-14-,17-15-,22-20-,23-21-,27-26-,30-29-,33-32-,48-46-,54-52-. The smallest absolute Gasteiger partial charge is 0.361 e. The first-order chi connectivity index (χ1) is 40.6. The molecule has 0 amide bonds. The van der Waals surface area contributed by atoms with Gasteiger partial charge in [-0.15, -0.1) is 0 Å². The first-order valence-electron chi connectivity index (χ1n) is 33.3. The molecule has 2 unspecified atom stereocenters. The van der Waals surface area contributed by atoms with E-state index in [1.807, 2.05) is 21.1 Å². The maximum absolute atomic E-state index is 12.9. The molecule has 472 valence electrons. The monoisotopic (exact) mass is 1150 g/mol. The van der Waals surface area contributed by atoms with Gasteiger partial charge in [-0.2, -0.15) is 0 Å². The van der Waals surface area contributed by atoms with Gasteiger partial charge in [-0.1, -0.05) is 270 Å². The third-order valence-corrected chi connectivity index (χ3v) is 13.9. The van der Waals surface area contributed by atoms with Gasteiger partial charge >= 0.3 is 17.9 Å². The summed E-state index contributed by atoms with van der Waals surface area (Å²) in [4.78, 5) is 37.5. The van der Waals surface area contributed by atoms with Gasteiger partial charge in [-0.25, -0.2) is 4.79 Å². The van der Waals surface area contributed by atoms with Crippen molar-refractivity contribution in [1.82, 2.24) is 0 Å². The summed E-state index contributed by atoms with van der Waals surface area (Å²) in [6, 6.07) is 0. The molecular weight excluding hydrogens is 1030 g/mol. The van der Waals surface area contributed by atoms with Crippen molar-refractivity contribution in [2.75, 3.05) is 47.5 Å². The Balaban J connectivity index is 4.09. The minimum Gasteiger partial charge on any atom is -0.477 e. The van der Waals surface area contributed by atoms with E-state index < -0.39 is 24.3 Å². The van der Waals surface area contributed by atoms with E-state index in [9.17, 15) is 19.5 Å². The summed E-state index contributed by atoms with van der Waals surface area (Å²) in [5.41, 5.74) is 0. The number of allylic oxidation sites excluding steroid dienone is 22. The lowest BCUT2D eigenvalue weighted by atomic mass is 10.0. The van der Waals surface area contributed by atoms with E-state index in [1.165, 1.54) is 116 Å². The maximum Gasteiger partial charge on any atom is 0.361 e. The number of carbonyl (C=O) groups excluding carboxylic acids is 2. The molecule has 0 rings (SSSR count). The highest BCUT2D eigenvalue weighted by atomic mass is 16.7. The fourth-order valence-corrected chi connectivity index (χ4v) is 8.87. The van der Waals surface area contributed by atoms with Crippen molar-refractivity contribution in [1.29, 1.82) is 0 Å². The van der Waals surface area contributed by atoms with Crippen LogP contribution in [0.1, 0.15) is 258 Å². The largest absolute Gasteiger partial charge is 0.477 e. The van der Waals surface area contributed by atoms with Gasteiger partial charge in [0.05, 0.1) is 34.4 Å². The average molecular weight is 1160 g/mol. The van der Waals surface area contributed by atoms with Crippen molar-refractivity contribution in [3.05, 3.63) is 134 Å². The van der Waals surface area contributed by atoms with E-state index in [1.54, 1.807) is 0 Å². The van der Waals surface area contributed by atoms with Crippen molar-refractivity contribution in [3.8, 4) is 0 Å². The molecule has 0 aromatic carbocycles. The van der Waals surface area contributed by atoms with E-state index in [-0.39, 0.29) is 38.6 Å². The molecular formula is C74H124NO8+. The van der Waals surface area contributed by atoms with Crippen LogP contribution in [0, 0.1) is 0 Å². The van der Waals surface area contributed by atoms with Gasteiger partial charge in [-0.05, 0) is 109 Å². The Morgan fingerprint density at radius 1 is 0.361 bits per heavy atom. The zero-order chi connectivity index (χ0) is 60.5. The number of unbranched alkanes of at least 4 members (excludes halogenated alkanes) is 23. The summed E-state index contributed by atoms with van der Waals surface area (Å²) in [5, 5.41) is 9.72.